The summed E-state index contributed by atoms with van der Waals surface area (Å²) in [6.45, 7) is 4.09. The normalized spacial score (nSPS) is 20.3. The maximum Gasteiger partial charge on any atom is 0.240 e. The molecule has 1 rings (SSSR count). The maximum absolute atomic E-state index is 12.0. The molecule has 17 heavy (non-hydrogen) atoms. The van der Waals surface area contributed by atoms with Gasteiger partial charge in [0.05, 0.1) is 12.7 Å². The van der Waals surface area contributed by atoms with Gasteiger partial charge in [-0.1, -0.05) is 6.92 Å². The van der Waals surface area contributed by atoms with Crippen LogP contribution in [0.1, 0.15) is 19.8 Å². The summed E-state index contributed by atoms with van der Waals surface area (Å²) in [5, 5.41) is 12.0. The highest BCUT2D eigenvalue weighted by Crippen LogP contribution is 2.29. The topological polar surface area (TPSA) is 71.3 Å². The second kappa shape index (κ2) is 6.58. The Labute approximate surface area is 102 Å². The lowest BCUT2D eigenvalue weighted by molar-refractivity contribution is -0.132. The Morgan fingerprint density at radius 1 is 1.59 bits per heavy atom. The van der Waals surface area contributed by atoms with Crippen molar-refractivity contribution in [1.29, 1.82) is 5.26 Å². The Hall–Kier alpha value is -1.12. The summed E-state index contributed by atoms with van der Waals surface area (Å²) in [5.41, 5.74) is -0.898. The van der Waals surface area contributed by atoms with Crippen LogP contribution in [0.3, 0.4) is 0 Å². The van der Waals surface area contributed by atoms with E-state index < -0.39 is 5.41 Å². The average Bonchev–Trinajstić information content (AvgIpc) is 2.37. The fourth-order valence-corrected chi connectivity index (χ4v) is 1.89. The van der Waals surface area contributed by atoms with E-state index in [4.69, 9.17) is 9.47 Å². The molecule has 0 radical (unpaired) electrons. The van der Waals surface area contributed by atoms with E-state index in [-0.39, 0.29) is 11.8 Å². The number of nitrogens with zero attached hydrogens (tertiary/aromatic N) is 1. The molecule has 96 valence electrons. The van der Waals surface area contributed by atoms with Gasteiger partial charge in [-0.05, 0) is 18.8 Å². The molecule has 1 heterocycles. The lowest BCUT2D eigenvalue weighted by Gasteiger charge is -2.29. The fraction of sp³-hybridized carbons (Fsp3) is 0.833. The Morgan fingerprint density at radius 3 is 2.76 bits per heavy atom. The highest BCUT2D eigenvalue weighted by Gasteiger charge is 2.40. The first-order valence-electron chi connectivity index (χ1n) is 5.91. The van der Waals surface area contributed by atoms with Crippen molar-refractivity contribution in [3.05, 3.63) is 0 Å². The zero-order valence-electron chi connectivity index (χ0n) is 10.5. The van der Waals surface area contributed by atoms with E-state index in [1.165, 1.54) is 0 Å². The summed E-state index contributed by atoms with van der Waals surface area (Å²) in [4.78, 5) is 12.0. The molecule has 5 nitrogen and oxygen atoms in total. The molecule has 0 aromatic heterocycles. The number of carbonyl (C=O) groups is 1. The van der Waals surface area contributed by atoms with Crippen molar-refractivity contribution in [2.75, 3.05) is 33.5 Å². The van der Waals surface area contributed by atoms with Crippen molar-refractivity contribution in [3.8, 4) is 6.07 Å². The molecule has 1 saturated heterocycles. The summed E-state index contributed by atoms with van der Waals surface area (Å²) < 4.78 is 10.2. The first-order valence-corrected chi connectivity index (χ1v) is 5.91. The molecule has 0 bridgehead atoms. The number of hydrogen-bond donors (Lipinski definition) is 1. The smallest absolute Gasteiger partial charge is 0.240 e. The molecular weight excluding hydrogens is 220 g/mol. The highest BCUT2D eigenvalue weighted by molar-refractivity contribution is 5.85. The van der Waals surface area contributed by atoms with E-state index in [1.54, 1.807) is 7.11 Å². The summed E-state index contributed by atoms with van der Waals surface area (Å²) in [6.07, 6.45) is 0.960. The van der Waals surface area contributed by atoms with Crippen molar-refractivity contribution in [2.24, 2.45) is 11.3 Å². The van der Waals surface area contributed by atoms with Gasteiger partial charge in [0.1, 0.15) is 5.41 Å². The number of hydrogen-bond acceptors (Lipinski definition) is 4. The van der Waals surface area contributed by atoms with Crippen molar-refractivity contribution < 1.29 is 14.3 Å². The van der Waals surface area contributed by atoms with Gasteiger partial charge in [0, 0.05) is 26.9 Å². The summed E-state index contributed by atoms with van der Waals surface area (Å²) >= 11 is 0. The number of rotatable bonds is 5. The Kier molecular flexibility index (Phi) is 5.39. The van der Waals surface area contributed by atoms with E-state index >= 15 is 0 Å². The van der Waals surface area contributed by atoms with Crippen LogP contribution < -0.4 is 5.32 Å². The monoisotopic (exact) mass is 240 g/mol. The molecular formula is C12H20N2O3. The first-order chi connectivity index (χ1) is 8.14. The van der Waals surface area contributed by atoms with Gasteiger partial charge >= 0.3 is 0 Å². The SMILES string of the molecule is COCC(C)CNC(=O)C1(C#N)CCOCC1. The summed E-state index contributed by atoms with van der Waals surface area (Å²) in [7, 11) is 1.63. The molecule has 0 aromatic rings. The van der Waals surface area contributed by atoms with Gasteiger partial charge in [-0.3, -0.25) is 4.79 Å². The minimum absolute atomic E-state index is 0.175. The third-order valence-corrected chi connectivity index (χ3v) is 3.06. The van der Waals surface area contributed by atoms with Crippen LogP contribution >= 0.6 is 0 Å². The van der Waals surface area contributed by atoms with Crippen molar-refractivity contribution in [2.45, 2.75) is 19.8 Å². The van der Waals surface area contributed by atoms with Gasteiger partial charge in [-0.25, -0.2) is 0 Å². The second-order valence-corrected chi connectivity index (χ2v) is 4.58. The van der Waals surface area contributed by atoms with Crippen LogP contribution in [0, 0.1) is 22.7 Å². The van der Waals surface area contributed by atoms with E-state index in [1.807, 2.05) is 6.92 Å². The van der Waals surface area contributed by atoms with Crippen molar-refractivity contribution in [3.63, 3.8) is 0 Å². The molecule has 0 saturated carbocycles. The van der Waals surface area contributed by atoms with Crippen LogP contribution in [0.15, 0.2) is 0 Å². The number of nitrogens with one attached hydrogen (secondary N) is 1. The molecule has 0 spiro atoms. The van der Waals surface area contributed by atoms with Crippen LogP contribution in [0.4, 0.5) is 0 Å². The van der Waals surface area contributed by atoms with Crippen LogP contribution in [-0.2, 0) is 14.3 Å². The third-order valence-electron chi connectivity index (χ3n) is 3.06. The molecule has 1 amide bonds. The number of ether oxygens (including phenoxy) is 2. The molecule has 0 aliphatic carbocycles. The number of methoxy groups -OCH3 is 1. The number of carbonyl (C=O) groups excluding carboxylic acids is 1. The van der Waals surface area contributed by atoms with Crippen LogP contribution in [0.5, 0.6) is 0 Å². The largest absolute Gasteiger partial charge is 0.384 e. The lowest BCUT2D eigenvalue weighted by Crippen LogP contribution is -2.45. The highest BCUT2D eigenvalue weighted by atomic mass is 16.5. The minimum Gasteiger partial charge on any atom is -0.384 e. The van der Waals surface area contributed by atoms with Gasteiger partial charge in [-0.15, -0.1) is 0 Å². The van der Waals surface area contributed by atoms with Crippen LogP contribution in [0.25, 0.3) is 0 Å². The van der Waals surface area contributed by atoms with Crippen molar-refractivity contribution >= 4 is 5.91 Å². The summed E-state index contributed by atoms with van der Waals surface area (Å²) in [5.74, 6) is 0.0748. The Morgan fingerprint density at radius 2 is 2.24 bits per heavy atom. The quantitative estimate of drug-likeness (QED) is 0.768. The standard InChI is InChI=1S/C12H20N2O3/c1-10(8-16-2)7-14-11(15)12(9-13)3-5-17-6-4-12/h10H,3-8H2,1-2H3,(H,14,15). The predicted molar refractivity (Wildman–Crippen MR) is 62.1 cm³/mol. The Bertz CT molecular complexity index is 293. The van der Waals surface area contributed by atoms with E-state index in [0.29, 0.717) is 39.2 Å². The maximum atomic E-state index is 12.0. The fourth-order valence-electron chi connectivity index (χ4n) is 1.89. The second-order valence-electron chi connectivity index (χ2n) is 4.58. The van der Waals surface area contributed by atoms with Gasteiger partial charge in [0.15, 0.2) is 0 Å². The Balaban J connectivity index is 2.47. The molecule has 1 aliphatic heterocycles. The average molecular weight is 240 g/mol. The lowest BCUT2D eigenvalue weighted by atomic mass is 9.81. The van der Waals surface area contributed by atoms with Gasteiger partial charge in [0.25, 0.3) is 0 Å². The number of nitriles is 1. The molecule has 1 aliphatic rings. The minimum atomic E-state index is -0.898. The van der Waals surface area contributed by atoms with Gasteiger partial charge in [0.2, 0.25) is 5.91 Å². The molecule has 1 atom stereocenters. The zero-order chi connectivity index (χ0) is 12.7. The molecule has 1 N–H and O–H groups in total. The van der Waals surface area contributed by atoms with Crippen LogP contribution in [0.2, 0.25) is 0 Å². The molecule has 1 unspecified atom stereocenters. The molecule has 1 fully saturated rings. The van der Waals surface area contributed by atoms with Crippen molar-refractivity contribution in [1.82, 2.24) is 5.32 Å². The third kappa shape index (κ3) is 3.69. The molecule has 0 aromatic carbocycles. The predicted octanol–water partition coefficient (Wildman–Crippen LogP) is 0.705. The number of amides is 1. The molecule has 5 heteroatoms. The van der Waals surface area contributed by atoms with E-state index in [0.717, 1.165) is 0 Å². The van der Waals surface area contributed by atoms with Crippen LogP contribution in [-0.4, -0.2) is 39.4 Å². The summed E-state index contributed by atoms with van der Waals surface area (Å²) in [6, 6.07) is 2.15. The van der Waals surface area contributed by atoms with E-state index in [2.05, 4.69) is 11.4 Å². The van der Waals surface area contributed by atoms with Gasteiger partial charge < -0.3 is 14.8 Å². The van der Waals surface area contributed by atoms with E-state index in [9.17, 15) is 10.1 Å². The first kappa shape index (κ1) is 13.9. The zero-order valence-corrected chi connectivity index (χ0v) is 10.5. The van der Waals surface area contributed by atoms with Gasteiger partial charge in [-0.2, -0.15) is 5.26 Å².